The zero-order valence-electron chi connectivity index (χ0n) is 10.9. The van der Waals surface area contributed by atoms with Crippen LogP contribution in [0.5, 0.6) is 0 Å². The minimum Gasteiger partial charge on any atom is -0.370 e. The van der Waals surface area contributed by atoms with Crippen molar-refractivity contribution >= 4 is 11.5 Å². The number of nitrogens with zero attached hydrogens (tertiary/aromatic N) is 4. The van der Waals surface area contributed by atoms with Crippen LogP contribution in [0.2, 0.25) is 0 Å². The fourth-order valence-electron chi connectivity index (χ4n) is 2.02. The molecule has 108 valence electrons. The molecular formula is C13H10F3N5. The van der Waals surface area contributed by atoms with Crippen molar-refractivity contribution in [3.63, 3.8) is 0 Å². The highest BCUT2D eigenvalue weighted by atomic mass is 19.4. The summed E-state index contributed by atoms with van der Waals surface area (Å²) >= 11 is 0. The van der Waals surface area contributed by atoms with Gasteiger partial charge in [-0.1, -0.05) is 12.1 Å². The standard InChI is InChI=1S/C13H10F3N5/c1-17-11-12-18-6-10(21(12)20-7-19-11)8-2-4-9(5-3-8)13(14,15)16/h2-7H,1H3,(H,17,19,20). The van der Waals surface area contributed by atoms with Gasteiger partial charge in [-0.2, -0.15) is 18.3 Å². The summed E-state index contributed by atoms with van der Waals surface area (Å²) in [4.78, 5) is 8.21. The molecule has 0 aliphatic heterocycles. The first-order valence-electron chi connectivity index (χ1n) is 6.05. The molecule has 0 bridgehead atoms. The van der Waals surface area contributed by atoms with Crippen LogP contribution in [0.3, 0.4) is 0 Å². The molecule has 3 rings (SSSR count). The van der Waals surface area contributed by atoms with Crippen LogP contribution in [0, 0.1) is 0 Å². The van der Waals surface area contributed by atoms with E-state index in [1.165, 1.54) is 23.0 Å². The molecule has 0 amide bonds. The summed E-state index contributed by atoms with van der Waals surface area (Å²) in [6, 6.07) is 4.87. The van der Waals surface area contributed by atoms with Gasteiger partial charge in [0.15, 0.2) is 11.5 Å². The normalized spacial score (nSPS) is 11.8. The van der Waals surface area contributed by atoms with Gasteiger partial charge in [-0.25, -0.2) is 14.5 Å². The summed E-state index contributed by atoms with van der Waals surface area (Å²) in [5.74, 6) is 0.545. The molecule has 0 aliphatic rings. The van der Waals surface area contributed by atoms with Gasteiger partial charge in [0.2, 0.25) is 0 Å². The molecule has 0 radical (unpaired) electrons. The Labute approximate surface area is 117 Å². The molecule has 0 spiro atoms. The van der Waals surface area contributed by atoms with E-state index < -0.39 is 11.7 Å². The van der Waals surface area contributed by atoms with Crippen molar-refractivity contribution in [2.45, 2.75) is 6.18 Å². The maximum Gasteiger partial charge on any atom is 0.416 e. The third-order valence-electron chi connectivity index (χ3n) is 3.05. The van der Waals surface area contributed by atoms with Gasteiger partial charge >= 0.3 is 6.18 Å². The van der Waals surface area contributed by atoms with Gasteiger partial charge in [0.25, 0.3) is 0 Å². The van der Waals surface area contributed by atoms with Crippen molar-refractivity contribution in [3.8, 4) is 11.3 Å². The Morgan fingerprint density at radius 1 is 1.10 bits per heavy atom. The highest BCUT2D eigenvalue weighted by molar-refractivity contribution is 5.69. The lowest BCUT2D eigenvalue weighted by molar-refractivity contribution is -0.137. The zero-order valence-corrected chi connectivity index (χ0v) is 10.9. The lowest BCUT2D eigenvalue weighted by Crippen LogP contribution is -2.04. The summed E-state index contributed by atoms with van der Waals surface area (Å²) in [6.45, 7) is 0. The summed E-state index contributed by atoms with van der Waals surface area (Å²) in [5, 5.41) is 6.96. The quantitative estimate of drug-likeness (QED) is 0.789. The Hall–Kier alpha value is -2.64. The second kappa shape index (κ2) is 4.72. The average molecular weight is 293 g/mol. The van der Waals surface area contributed by atoms with Gasteiger partial charge < -0.3 is 5.32 Å². The van der Waals surface area contributed by atoms with Crippen LogP contribution in [0.15, 0.2) is 36.8 Å². The highest BCUT2D eigenvalue weighted by Crippen LogP contribution is 2.31. The molecule has 0 atom stereocenters. The van der Waals surface area contributed by atoms with Crippen LogP contribution in [0.4, 0.5) is 19.0 Å². The Kier molecular flexibility index (Phi) is 3.00. The predicted molar refractivity (Wildman–Crippen MR) is 70.8 cm³/mol. The minimum absolute atomic E-state index is 0.509. The number of halogens is 3. The number of imidazole rings is 1. The van der Waals surface area contributed by atoms with Gasteiger partial charge in [-0.15, -0.1) is 0 Å². The Bertz CT molecular complexity index is 777. The second-order valence-electron chi connectivity index (χ2n) is 4.31. The van der Waals surface area contributed by atoms with Crippen molar-refractivity contribution in [2.75, 3.05) is 12.4 Å². The molecule has 0 saturated heterocycles. The molecule has 2 heterocycles. The Balaban J connectivity index is 2.09. The molecule has 0 fully saturated rings. The number of anilines is 1. The second-order valence-corrected chi connectivity index (χ2v) is 4.31. The van der Waals surface area contributed by atoms with Crippen LogP contribution < -0.4 is 5.32 Å². The maximum atomic E-state index is 12.6. The van der Waals surface area contributed by atoms with Gasteiger partial charge in [-0.3, -0.25) is 0 Å². The first-order chi connectivity index (χ1) is 10.0. The average Bonchev–Trinajstić information content (AvgIpc) is 2.90. The number of nitrogens with one attached hydrogen (secondary N) is 1. The summed E-state index contributed by atoms with van der Waals surface area (Å²) in [5.41, 5.74) is 1.01. The fourth-order valence-corrected chi connectivity index (χ4v) is 2.02. The van der Waals surface area contributed by atoms with Crippen LogP contribution >= 0.6 is 0 Å². The molecule has 21 heavy (non-hydrogen) atoms. The highest BCUT2D eigenvalue weighted by Gasteiger charge is 2.30. The van der Waals surface area contributed by atoms with Crippen molar-refractivity contribution in [2.24, 2.45) is 0 Å². The van der Waals surface area contributed by atoms with E-state index >= 15 is 0 Å². The van der Waals surface area contributed by atoms with Crippen LogP contribution in [0.1, 0.15) is 5.56 Å². The molecule has 3 aromatic rings. The zero-order chi connectivity index (χ0) is 15.0. The summed E-state index contributed by atoms with van der Waals surface area (Å²) in [6.07, 6.45) is -1.44. The first kappa shape index (κ1) is 13.3. The van der Waals surface area contributed by atoms with Gasteiger partial charge in [0.05, 0.1) is 17.5 Å². The van der Waals surface area contributed by atoms with Crippen LogP contribution in [-0.4, -0.2) is 26.6 Å². The lowest BCUT2D eigenvalue weighted by atomic mass is 10.1. The third-order valence-corrected chi connectivity index (χ3v) is 3.05. The van der Waals surface area contributed by atoms with Crippen LogP contribution in [-0.2, 0) is 6.18 Å². The predicted octanol–water partition coefficient (Wildman–Crippen LogP) is 2.85. The van der Waals surface area contributed by atoms with E-state index in [0.717, 1.165) is 12.1 Å². The summed E-state index contributed by atoms with van der Waals surface area (Å²) < 4.78 is 39.2. The van der Waals surface area contributed by atoms with E-state index in [1.54, 1.807) is 13.2 Å². The molecule has 0 aliphatic carbocycles. The van der Waals surface area contributed by atoms with E-state index in [9.17, 15) is 13.2 Å². The largest absolute Gasteiger partial charge is 0.416 e. The molecular weight excluding hydrogens is 283 g/mol. The lowest BCUT2D eigenvalue weighted by Gasteiger charge is -2.07. The minimum atomic E-state index is -4.35. The topological polar surface area (TPSA) is 55.1 Å². The first-order valence-corrected chi connectivity index (χ1v) is 6.05. The molecule has 8 heteroatoms. The van der Waals surface area contributed by atoms with Crippen LogP contribution in [0.25, 0.3) is 16.9 Å². The number of rotatable bonds is 2. The SMILES string of the molecule is CNc1ncnn2c(-c3ccc(C(F)(F)F)cc3)cnc12. The monoisotopic (exact) mass is 293 g/mol. The van der Waals surface area contributed by atoms with Gasteiger partial charge in [0, 0.05) is 12.6 Å². The molecule has 0 unspecified atom stereocenters. The number of benzene rings is 1. The molecule has 1 N–H and O–H groups in total. The summed E-state index contributed by atoms with van der Waals surface area (Å²) in [7, 11) is 1.70. The van der Waals surface area contributed by atoms with E-state index in [-0.39, 0.29) is 0 Å². The molecule has 1 aromatic carbocycles. The number of hydrogen-bond acceptors (Lipinski definition) is 4. The van der Waals surface area contributed by atoms with E-state index in [2.05, 4.69) is 20.4 Å². The number of aromatic nitrogens is 4. The number of fused-ring (bicyclic) bond motifs is 1. The van der Waals surface area contributed by atoms with Crippen molar-refractivity contribution < 1.29 is 13.2 Å². The van der Waals surface area contributed by atoms with Gasteiger partial charge in [0.1, 0.15) is 6.33 Å². The smallest absolute Gasteiger partial charge is 0.370 e. The molecule has 0 saturated carbocycles. The third kappa shape index (κ3) is 2.28. The Morgan fingerprint density at radius 3 is 2.43 bits per heavy atom. The fraction of sp³-hybridized carbons (Fsp3) is 0.154. The molecule has 5 nitrogen and oxygen atoms in total. The van der Waals surface area contributed by atoms with Crippen molar-refractivity contribution in [3.05, 3.63) is 42.4 Å². The van der Waals surface area contributed by atoms with Crippen molar-refractivity contribution in [1.82, 2.24) is 19.6 Å². The number of alkyl halides is 3. The van der Waals surface area contributed by atoms with Crippen molar-refractivity contribution in [1.29, 1.82) is 0 Å². The van der Waals surface area contributed by atoms with Gasteiger partial charge in [-0.05, 0) is 12.1 Å². The molecule has 2 aromatic heterocycles. The Morgan fingerprint density at radius 2 is 1.81 bits per heavy atom. The maximum absolute atomic E-state index is 12.6. The number of hydrogen-bond donors (Lipinski definition) is 1. The van der Waals surface area contributed by atoms with E-state index in [4.69, 9.17) is 0 Å². The van der Waals surface area contributed by atoms with E-state index in [0.29, 0.717) is 22.7 Å². The van der Waals surface area contributed by atoms with E-state index in [1.807, 2.05) is 0 Å².